The lowest BCUT2D eigenvalue weighted by Crippen LogP contribution is -2.24. The molecule has 1 rings (SSSR count). The molecule has 0 spiro atoms. The normalized spacial score (nSPS) is 11.3. The van der Waals surface area contributed by atoms with Crippen LogP contribution in [0.15, 0.2) is 24.3 Å². The van der Waals surface area contributed by atoms with Crippen LogP contribution in [0.4, 0.5) is 0 Å². The Kier molecular flexibility index (Phi) is 5.31. The second-order valence-corrected chi connectivity index (χ2v) is 5.16. The van der Waals surface area contributed by atoms with E-state index in [-0.39, 0.29) is 5.97 Å². The molecule has 0 atom stereocenters. The van der Waals surface area contributed by atoms with E-state index in [0.29, 0.717) is 12.1 Å². The van der Waals surface area contributed by atoms with Crippen molar-refractivity contribution in [2.24, 2.45) is 5.73 Å². The number of nitrogens with two attached hydrogens (primary N) is 1. The highest BCUT2D eigenvalue weighted by Crippen LogP contribution is 2.12. The van der Waals surface area contributed by atoms with Gasteiger partial charge in [-0.3, -0.25) is 0 Å². The van der Waals surface area contributed by atoms with Crippen LogP contribution in [0.25, 0.3) is 0 Å². The molecule has 0 amide bonds. The van der Waals surface area contributed by atoms with Gasteiger partial charge in [-0.2, -0.15) is 0 Å². The first-order valence-corrected chi connectivity index (χ1v) is 6.15. The summed E-state index contributed by atoms with van der Waals surface area (Å²) in [6.45, 7) is 7.73. The summed E-state index contributed by atoms with van der Waals surface area (Å²) in [5.41, 5.74) is 6.63. The molecule has 0 saturated heterocycles. The molecule has 0 unspecified atom stereocenters. The number of carbonyl (C=O) groups is 1. The smallest absolute Gasteiger partial charge is 0.338 e. The summed E-state index contributed by atoms with van der Waals surface area (Å²) in [5.74, 6) is -0.288. The van der Waals surface area contributed by atoms with E-state index in [9.17, 15) is 4.79 Å². The summed E-state index contributed by atoms with van der Waals surface area (Å²) in [4.78, 5) is 11.8. The molecule has 0 aromatic heterocycles. The Morgan fingerprint density at radius 3 is 2.39 bits per heavy atom. The van der Waals surface area contributed by atoms with Gasteiger partial charge in [0.1, 0.15) is 5.60 Å². The molecular weight excluding hydrogens is 228 g/mol. The quantitative estimate of drug-likeness (QED) is 0.616. The van der Waals surface area contributed by atoms with Crippen LogP contribution in [0.5, 0.6) is 0 Å². The van der Waals surface area contributed by atoms with E-state index in [1.54, 1.807) is 12.1 Å². The standard InChI is InChI=1S/C14H22N2O2/c1-14(2,3)18-13(17)12-6-4-11(5-7-12)10-16-9-8-15/h4-7,16H,8-10,15H2,1-3H3. The van der Waals surface area contributed by atoms with Crippen LogP contribution in [0, 0.1) is 0 Å². The number of esters is 1. The fraction of sp³-hybridized carbons (Fsp3) is 0.500. The lowest BCUT2D eigenvalue weighted by atomic mass is 10.1. The van der Waals surface area contributed by atoms with E-state index < -0.39 is 5.60 Å². The second kappa shape index (κ2) is 6.52. The predicted octanol–water partition coefficient (Wildman–Crippen LogP) is 1.69. The van der Waals surface area contributed by atoms with Crippen molar-refractivity contribution in [3.63, 3.8) is 0 Å². The van der Waals surface area contributed by atoms with Gasteiger partial charge in [-0.1, -0.05) is 12.1 Å². The maximum atomic E-state index is 11.8. The molecule has 1 aromatic rings. The van der Waals surface area contributed by atoms with E-state index in [1.807, 2.05) is 32.9 Å². The van der Waals surface area contributed by atoms with Gasteiger partial charge < -0.3 is 15.8 Å². The fourth-order valence-electron chi connectivity index (χ4n) is 1.43. The van der Waals surface area contributed by atoms with Crippen molar-refractivity contribution in [3.8, 4) is 0 Å². The molecule has 18 heavy (non-hydrogen) atoms. The third-order valence-electron chi connectivity index (χ3n) is 2.24. The number of hydrogen-bond acceptors (Lipinski definition) is 4. The van der Waals surface area contributed by atoms with Crippen LogP contribution in [0.1, 0.15) is 36.7 Å². The molecule has 0 aliphatic rings. The molecule has 0 bridgehead atoms. The number of carbonyl (C=O) groups excluding carboxylic acids is 1. The highest BCUT2D eigenvalue weighted by molar-refractivity contribution is 5.89. The van der Waals surface area contributed by atoms with Crippen molar-refractivity contribution in [1.29, 1.82) is 0 Å². The van der Waals surface area contributed by atoms with Crippen molar-refractivity contribution in [2.75, 3.05) is 13.1 Å². The zero-order valence-electron chi connectivity index (χ0n) is 11.3. The summed E-state index contributed by atoms with van der Waals surface area (Å²) in [5, 5.41) is 3.20. The molecular formula is C14H22N2O2. The van der Waals surface area contributed by atoms with E-state index in [4.69, 9.17) is 10.5 Å². The molecule has 0 radical (unpaired) electrons. The number of hydrogen-bond donors (Lipinski definition) is 2. The SMILES string of the molecule is CC(C)(C)OC(=O)c1ccc(CNCCN)cc1. The van der Waals surface area contributed by atoms with Crippen LogP contribution in [0.3, 0.4) is 0 Å². The minimum Gasteiger partial charge on any atom is -0.456 e. The summed E-state index contributed by atoms with van der Waals surface area (Å²) < 4.78 is 5.29. The minimum absolute atomic E-state index is 0.288. The average Bonchev–Trinajstić information content (AvgIpc) is 2.28. The highest BCUT2D eigenvalue weighted by atomic mass is 16.6. The minimum atomic E-state index is -0.460. The van der Waals surface area contributed by atoms with Crippen molar-refractivity contribution in [1.82, 2.24) is 5.32 Å². The van der Waals surface area contributed by atoms with Crippen molar-refractivity contribution in [2.45, 2.75) is 32.9 Å². The predicted molar refractivity (Wildman–Crippen MR) is 72.4 cm³/mol. The van der Waals surface area contributed by atoms with Crippen LogP contribution in [-0.2, 0) is 11.3 Å². The molecule has 0 saturated carbocycles. The third-order valence-corrected chi connectivity index (χ3v) is 2.24. The molecule has 3 N–H and O–H groups in total. The van der Waals surface area contributed by atoms with E-state index >= 15 is 0 Å². The fourth-order valence-corrected chi connectivity index (χ4v) is 1.43. The van der Waals surface area contributed by atoms with Crippen LogP contribution >= 0.6 is 0 Å². The summed E-state index contributed by atoms with van der Waals surface area (Å²) >= 11 is 0. The first kappa shape index (κ1) is 14.7. The summed E-state index contributed by atoms with van der Waals surface area (Å²) in [6.07, 6.45) is 0. The monoisotopic (exact) mass is 250 g/mol. The molecule has 0 heterocycles. The van der Waals surface area contributed by atoms with Gasteiger partial charge in [0, 0.05) is 19.6 Å². The van der Waals surface area contributed by atoms with Crippen molar-refractivity contribution in [3.05, 3.63) is 35.4 Å². The Morgan fingerprint density at radius 1 is 1.28 bits per heavy atom. The van der Waals surface area contributed by atoms with Gasteiger partial charge in [0.15, 0.2) is 0 Å². The number of benzene rings is 1. The zero-order valence-corrected chi connectivity index (χ0v) is 11.3. The van der Waals surface area contributed by atoms with Crippen molar-refractivity contribution >= 4 is 5.97 Å². The maximum absolute atomic E-state index is 11.8. The number of ether oxygens (including phenoxy) is 1. The van der Waals surface area contributed by atoms with Gasteiger partial charge in [0.25, 0.3) is 0 Å². The third kappa shape index (κ3) is 5.29. The largest absolute Gasteiger partial charge is 0.456 e. The average molecular weight is 250 g/mol. The zero-order chi connectivity index (χ0) is 13.6. The van der Waals surface area contributed by atoms with Gasteiger partial charge in [-0.15, -0.1) is 0 Å². The Morgan fingerprint density at radius 2 is 1.89 bits per heavy atom. The van der Waals surface area contributed by atoms with Crippen LogP contribution in [0.2, 0.25) is 0 Å². The van der Waals surface area contributed by atoms with E-state index in [2.05, 4.69) is 5.32 Å². The van der Waals surface area contributed by atoms with Gasteiger partial charge in [0.2, 0.25) is 0 Å². The summed E-state index contributed by atoms with van der Waals surface area (Å²) in [7, 11) is 0. The molecule has 1 aromatic carbocycles. The van der Waals surface area contributed by atoms with Gasteiger partial charge in [0.05, 0.1) is 5.56 Å². The molecule has 100 valence electrons. The van der Waals surface area contributed by atoms with Gasteiger partial charge >= 0.3 is 5.97 Å². The topological polar surface area (TPSA) is 64.3 Å². The Bertz CT molecular complexity index is 380. The molecule has 4 heteroatoms. The maximum Gasteiger partial charge on any atom is 0.338 e. The molecule has 0 aliphatic heterocycles. The van der Waals surface area contributed by atoms with Gasteiger partial charge in [-0.05, 0) is 38.5 Å². The molecule has 0 fully saturated rings. The Labute approximate surface area is 109 Å². The van der Waals surface area contributed by atoms with Crippen molar-refractivity contribution < 1.29 is 9.53 Å². The summed E-state index contributed by atoms with van der Waals surface area (Å²) in [6, 6.07) is 7.41. The number of nitrogens with one attached hydrogen (secondary N) is 1. The van der Waals surface area contributed by atoms with E-state index in [0.717, 1.165) is 18.7 Å². The number of rotatable bonds is 5. The Balaban J connectivity index is 2.57. The van der Waals surface area contributed by atoms with Crippen LogP contribution in [-0.4, -0.2) is 24.7 Å². The lowest BCUT2D eigenvalue weighted by Gasteiger charge is -2.19. The first-order chi connectivity index (χ1) is 8.42. The van der Waals surface area contributed by atoms with E-state index in [1.165, 1.54) is 0 Å². The van der Waals surface area contributed by atoms with Crippen LogP contribution < -0.4 is 11.1 Å². The molecule has 0 aliphatic carbocycles. The lowest BCUT2D eigenvalue weighted by molar-refractivity contribution is 0.00695. The first-order valence-electron chi connectivity index (χ1n) is 6.15. The highest BCUT2D eigenvalue weighted by Gasteiger charge is 2.17. The van der Waals surface area contributed by atoms with Gasteiger partial charge in [-0.25, -0.2) is 4.79 Å². The molecule has 4 nitrogen and oxygen atoms in total. The Hall–Kier alpha value is -1.39. The second-order valence-electron chi connectivity index (χ2n) is 5.16.